The summed E-state index contributed by atoms with van der Waals surface area (Å²) in [5.74, 6) is 2.03. The fraction of sp³-hybridized carbons (Fsp3) is 0.125. The summed E-state index contributed by atoms with van der Waals surface area (Å²) in [4.78, 5) is 18.5. The lowest BCUT2D eigenvalue weighted by atomic mass is 10.1. The maximum atomic E-state index is 13.4. The van der Waals surface area contributed by atoms with E-state index in [1.165, 1.54) is 15.9 Å². The maximum Gasteiger partial charge on any atom is 0.291 e. The highest BCUT2D eigenvalue weighted by Crippen LogP contribution is 2.32. The first-order chi connectivity index (χ1) is 20.5. The second kappa shape index (κ2) is 12.1. The van der Waals surface area contributed by atoms with Gasteiger partial charge in [-0.15, -0.1) is 5.10 Å². The largest absolute Gasteiger partial charge is 0.496 e. The van der Waals surface area contributed by atoms with Crippen LogP contribution in [0, 0.1) is 0 Å². The lowest BCUT2D eigenvalue weighted by molar-refractivity contribution is 0.317. The predicted octanol–water partition coefficient (Wildman–Crippen LogP) is 6.28. The van der Waals surface area contributed by atoms with Crippen molar-refractivity contribution in [3.63, 3.8) is 0 Å². The number of benzene rings is 3. The Morgan fingerprint density at radius 3 is 2.52 bits per heavy atom. The fourth-order valence-electron chi connectivity index (χ4n) is 4.37. The molecule has 0 N–H and O–H groups in total. The van der Waals surface area contributed by atoms with E-state index >= 15 is 0 Å². The number of methoxy groups -OCH3 is 1. The molecule has 6 aromatic rings. The highest BCUT2D eigenvalue weighted by atomic mass is 79.9. The minimum absolute atomic E-state index is 0.228. The number of hydrogen-bond acceptors (Lipinski definition) is 7. The Hall–Kier alpha value is -4.54. The molecular weight excluding hydrogens is 614 g/mol. The number of para-hydroxylation sites is 1. The second-order valence-corrected chi connectivity index (χ2v) is 11.3. The summed E-state index contributed by atoms with van der Waals surface area (Å²) >= 11 is 4.87. The van der Waals surface area contributed by atoms with Crippen molar-refractivity contribution in [2.24, 2.45) is 0 Å². The van der Waals surface area contributed by atoms with Gasteiger partial charge in [0, 0.05) is 17.3 Å². The number of hydrogen-bond donors (Lipinski definition) is 0. The summed E-state index contributed by atoms with van der Waals surface area (Å²) in [6.07, 6.45) is 8.45. The van der Waals surface area contributed by atoms with Crippen molar-refractivity contribution in [2.75, 3.05) is 13.7 Å². The van der Waals surface area contributed by atoms with Crippen molar-refractivity contribution in [3.05, 3.63) is 115 Å². The number of fused-ring (bicyclic) bond motifs is 1. The average molecular weight is 641 g/mol. The molecule has 3 aromatic heterocycles. The Morgan fingerprint density at radius 2 is 1.81 bits per heavy atom. The summed E-state index contributed by atoms with van der Waals surface area (Å²) in [5.41, 5.74) is 4.08. The van der Waals surface area contributed by atoms with Gasteiger partial charge in [0.2, 0.25) is 4.96 Å². The van der Waals surface area contributed by atoms with Crippen LogP contribution in [0.5, 0.6) is 11.5 Å². The van der Waals surface area contributed by atoms with Crippen LogP contribution < -0.4 is 19.6 Å². The van der Waals surface area contributed by atoms with E-state index in [4.69, 9.17) is 14.6 Å². The Kier molecular flexibility index (Phi) is 7.98. The first-order valence-electron chi connectivity index (χ1n) is 13.3. The molecule has 0 radical (unpaired) electrons. The molecule has 210 valence electrons. The molecule has 0 saturated heterocycles. The van der Waals surface area contributed by atoms with Crippen LogP contribution in [0.15, 0.2) is 88.3 Å². The summed E-state index contributed by atoms with van der Waals surface area (Å²) in [5, 5.41) is 9.32. The van der Waals surface area contributed by atoms with Crippen LogP contribution in [0.3, 0.4) is 0 Å². The van der Waals surface area contributed by atoms with E-state index in [0.717, 1.165) is 50.5 Å². The summed E-state index contributed by atoms with van der Waals surface area (Å²) in [6, 6.07) is 23.5. The van der Waals surface area contributed by atoms with Crippen LogP contribution >= 0.6 is 27.3 Å². The van der Waals surface area contributed by atoms with Crippen molar-refractivity contribution in [1.82, 2.24) is 24.4 Å². The third-order valence-corrected chi connectivity index (χ3v) is 8.03. The monoisotopic (exact) mass is 639 g/mol. The first-order valence-corrected chi connectivity index (χ1v) is 14.9. The van der Waals surface area contributed by atoms with E-state index in [-0.39, 0.29) is 5.56 Å². The molecule has 0 unspecified atom stereocenters. The fourth-order valence-corrected chi connectivity index (χ4v) is 5.82. The number of ether oxygens (including phenoxy) is 2. The Labute approximate surface area is 254 Å². The molecule has 0 fully saturated rings. The highest BCUT2D eigenvalue weighted by Gasteiger charge is 2.15. The van der Waals surface area contributed by atoms with Gasteiger partial charge in [0.1, 0.15) is 17.2 Å². The quantitative estimate of drug-likeness (QED) is 0.185. The zero-order valence-electron chi connectivity index (χ0n) is 22.9. The van der Waals surface area contributed by atoms with E-state index in [2.05, 4.69) is 32.9 Å². The molecule has 10 heteroatoms. The van der Waals surface area contributed by atoms with Crippen LogP contribution in [-0.2, 0) is 0 Å². The van der Waals surface area contributed by atoms with Crippen molar-refractivity contribution in [1.29, 1.82) is 0 Å². The molecule has 0 aliphatic carbocycles. The van der Waals surface area contributed by atoms with Crippen LogP contribution in [0.4, 0.5) is 0 Å². The van der Waals surface area contributed by atoms with Gasteiger partial charge in [0.05, 0.1) is 28.4 Å². The molecule has 3 heterocycles. The van der Waals surface area contributed by atoms with Gasteiger partial charge < -0.3 is 9.47 Å². The smallest absolute Gasteiger partial charge is 0.291 e. The molecule has 0 bridgehead atoms. The molecule has 0 saturated carbocycles. The highest BCUT2D eigenvalue weighted by molar-refractivity contribution is 9.10. The van der Waals surface area contributed by atoms with Crippen molar-refractivity contribution >= 4 is 50.5 Å². The lowest BCUT2D eigenvalue weighted by Crippen LogP contribution is -2.23. The third kappa shape index (κ3) is 5.77. The zero-order valence-corrected chi connectivity index (χ0v) is 25.3. The molecule has 3 aromatic carbocycles. The number of aromatic nitrogens is 5. The minimum atomic E-state index is -0.228. The summed E-state index contributed by atoms with van der Waals surface area (Å²) in [6.45, 7) is 2.77. The molecule has 42 heavy (non-hydrogen) atoms. The van der Waals surface area contributed by atoms with Crippen molar-refractivity contribution in [2.45, 2.75) is 13.3 Å². The molecule has 0 atom stereocenters. The van der Waals surface area contributed by atoms with E-state index in [1.54, 1.807) is 13.2 Å². The van der Waals surface area contributed by atoms with Gasteiger partial charge >= 0.3 is 0 Å². The van der Waals surface area contributed by atoms with E-state index in [1.807, 2.05) is 95.8 Å². The van der Waals surface area contributed by atoms with Gasteiger partial charge in [-0.2, -0.15) is 14.6 Å². The Morgan fingerprint density at radius 1 is 1.00 bits per heavy atom. The number of rotatable bonds is 9. The van der Waals surface area contributed by atoms with Gasteiger partial charge in [-0.1, -0.05) is 54.7 Å². The van der Waals surface area contributed by atoms with E-state index < -0.39 is 0 Å². The molecule has 0 aliphatic rings. The topological polar surface area (TPSA) is 83.5 Å². The lowest BCUT2D eigenvalue weighted by Gasteiger charge is -2.05. The number of halogens is 1. The zero-order chi connectivity index (χ0) is 29.1. The number of nitrogens with zero attached hydrogens (tertiary/aromatic N) is 5. The molecule has 6 rings (SSSR count). The third-order valence-electron chi connectivity index (χ3n) is 6.45. The van der Waals surface area contributed by atoms with Crippen LogP contribution in [0.2, 0.25) is 0 Å². The summed E-state index contributed by atoms with van der Waals surface area (Å²) in [7, 11) is 1.63. The first kappa shape index (κ1) is 27.6. The van der Waals surface area contributed by atoms with Crippen LogP contribution in [0.1, 0.15) is 30.3 Å². The standard InChI is InChI=1S/C32H26BrN5O3S/c1-3-17-41-25-13-9-21(10-14-25)11-16-29-34-32-38(35-29)31(39)28(42-32)19-23-20-37(24-7-5-4-6-8-24)36-30(23)22-12-15-27(40-2)26(33)18-22/h4-16,18-20H,3,17H2,1-2H3/b16-11+,28-19-. The Balaban J connectivity index is 1.34. The predicted molar refractivity (Wildman–Crippen MR) is 170 cm³/mol. The minimum Gasteiger partial charge on any atom is -0.496 e. The van der Waals surface area contributed by atoms with Gasteiger partial charge in [-0.3, -0.25) is 4.79 Å². The van der Waals surface area contributed by atoms with Crippen LogP contribution in [-0.4, -0.2) is 38.1 Å². The molecular formula is C32H26BrN5O3S. The molecule has 0 aliphatic heterocycles. The van der Waals surface area contributed by atoms with Crippen molar-refractivity contribution in [3.8, 4) is 28.4 Å². The maximum absolute atomic E-state index is 13.4. The Bertz CT molecular complexity index is 2000. The molecule has 0 spiro atoms. The van der Waals surface area contributed by atoms with Gasteiger partial charge in [0.25, 0.3) is 5.56 Å². The normalized spacial score (nSPS) is 12.0. The van der Waals surface area contributed by atoms with Gasteiger partial charge in [-0.25, -0.2) is 4.68 Å². The van der Waals surface area contributed by atoms with E-state index in [9.17, 15) is 4.79 Å². The van der Waals surface area contributed by atoms with Gasteiger partial charge in [-0.05, 0) is 82.5 Å². The summed E-state index contributed by atoms with van der Waals surface area (Å²) < 4.78 is 15.5. The SMILES string of the molecule is CCCOc1ccc(/C=C/c2nc3s/c(=C\c4cn(-c5ccccc5)nc4-c4ccc(OC)c(Br)c4)c(=O)n3n2)cc1. The van der Waals surface area contributed by atoms with Gasteiger partial charge in [0.15, 0.2) is 5.82 Å². The molecule has 8 nitrogen and oxygen atoms in total. The second-order valence-electron chi connectivity index (χ2n) is 9.39. The number of thiazole rings is 1. The van der Waals surface area contributed by atoms with Crippen molar-refractivity contribution < 1.29 is 9.47 Å². The van der Waals surface area contributed by atoms with Crippen LogP contribution in [0.25, 0.3) is 40.1 Å². The average Bonchev–Trinajstić information content (AvgIpc) is 3.70. The molecule has 0 amide bonds. The van der Waals surface area contributed by atoms with E-state index in [0.29, 0.717) is 21.9 Å².